The van der Waals surface area contributed by atoms with Gasteiger partial charge in [0.05, 0.1) is 14.7 Å². The first-order chi connectivity index (χ1) is 12.5. The molecule has 0 aliphatic heterocycles. The van der Waals surface area contributed by atoms with E-state index in [4.69, 9.17) is 11.6 Å². The summed E-state index contributed by atoms with van der Waals surface area (Å²) in [7, 11) is -7.93. The lowest BCUT2D eigenvalue weighted by Crippen LogP contribution is -2.20. The fourth-order valence-corrected chi connectivity index (χ4v) is 6.49. The van der Waals surface area contributed by atoms with Crippen LogP contribution in [0.5, 0.6) is 0 Å². The first-order valence-corrected chi connectivity index (χ1v) is 13.7. The topological polar surface area (TPSA) is 68.3 Å². The van der Waals surface area contributed by atoms with E-state index in [1.807, 2.05) is 20.8 Å². The van der Waals surface area contributed by atoms with E-state index in [1.54, 1.807) is 6.92 Å². The predicted octanol–water partition coefficient (Wildman–Crippen LogP) is 6.35. The SMILES string of the molecule is Cc1cc(S(=O)(=O)c2cc(C(C)(C)C)cc(S(=O)(=O)C(Br)(Br)Br)c2)ccc1Cl. The van der Waals surface area contributed by atoms with Gasteiger partial charge in [-0.2, -0.15) is 0 Å². The summed E-state index contributed by atoms with van der Waals surface area (Å²) < 4.78 is 50.6. The minimum absolute atomic E-state index is 0.0478. The van der Waals surface area contributed by atoms with Gasteiger partial charge < -0.3 is 0 Å². The molecule has 0 N–H and O–H groups in total. The third kappa shape index (κ3) is 4.86. The third-order valence-corrected chi connectivity index (χ3v) is 11.6. The van der Waals surface area contributed by atoms with Crippen LogP contribution in [0, 0.1) is 6.92 Å². The summed E-state index contributed by atoms with van der Waals surface area (Å²) in [6.45, 7) is 7.35. The molecule has 0 unspecified atom stereocenters. The Morgan fingerprint density at radius 2 is 1.36 bits per heavy atom. The quantitative estimate of drug-likeness (QED) is 0.368. The van der Waals surface area contributed by atoms with Gasteiger partial charge in [-0.3, -0.25) is 0 Å². The van der Waals surface area contributed by atoms with Crippen LogP contribution in [0.3, 0.4) is 0 Å². The molecule has 0 atom stereocenters. The van der Waals surface area contributed by atoms with Gasteiger partial charge in [0.25, 0.3) is 0 Å². The van der Waals surface area contributed by atoms with E-state index < -0.39 is 26.6 Å². The van der Waals surface area contributed by atoms with Gasteiger partial charge >= 0.3 is 0 Å². The van der Waals surface area contributed by atoms with Crippen molar-refractivity contribution in [2.75, 3.05) is 0 Å². The van der Waals surface area contributed by atoms with Crippen molar-refractivity contribution in [1.29, 1.82) is 0 Å². The zero-order valence-electron chi connectivity index (χ0n) is 15.4. The van der Waals surface area contributed by atoms with Crippen molar-refractivity contribution in [1.82, 2.24) is 0 Å². The Bertz CT molecular complexity index is 1130. The molecular weight excluding hydrogens is 619 g/mol. The fourth-order valence-electron chi connectivity index (χ4n) is 2.37. The Morgan fingerprint density at radius 1 is 0.821 bits per heavy atom. The molecule has 0 aliphatic carbocycles. The Kier molecular flexibility index (Phi) is 6.92. The predicted molar refractivity (Wildman–Crippen MR) is 123 cm³/mol. The smallest absolute Gasteiger partial charge is 0.220 e. The van der Waals surface area contributed by atoms with E-state index in [-0.39, 0.29) is 14.7 Å². The summed E-state index contributed by atoms with van der Waals surface area (Å²) in [5, 5.41) is 0.452. The van der Waals surface area contributed by atoms with Gasteiger partial charge in [0.1, 0.15) is 0 Å². The van der Waals surface area contributed by atoms with E-state index in [0.29, 0.717) is 16.1 Å². The summed E-state index contributed by atoms with van der Waals surface area (Å²) >= 11 is 15.1. The monoisotopic (exact) mass is 634 g/mol. The van der Waals surface area contributed by atoms with E-state index in [0.717, 1.165) is 0 Å². The zero-order valence-corrected chi connectivity index (χ0v) is 22.6. The molecule has 0 spiro atoms. The van der Waals surface area contributed by atoms with Gasteiger partial charge in [-0.25, -0.2) is 16.8 Å². The number of benzene rings is 2. The Hall–Kier alpha value is 0.0700. The minimum Gasteiger partial charge on any atom is -0.220 e. The third-order valence-electron chi connectivity index (χ3n) is 4.11. The molecule has 2 aromatic rings. The zero-order chi connectivity index (χ0) is 21.7. The van der Waals surface area contributed by atoms with Crippen LogP contribution in [-0.4, -0.2) is 18.3 Å². The molecule has 0 heterocycles. The van der Waals surface area contributed by atoms with Crippen LogP contribution in [0.1, 0.15) is 31.9 Å². The van der Waals surface area contributed by atoms with Gasteiger partial charge in [-0.05, 0) is 108 Å². The van der Waals surface area contributed by atoms with E-state index in [2.05, 4.69) is 47.8 Å². The maximum atomic E-state index is 13.2. The molecule has 0 amide bonds. The molecule has 2 aromatic carbocycles. The molecule has 4 nitrogen and oxygen atoms in total. The van der Waals surface area contributed by atoms with Crippen LogP contribution in [-0.2, 0) is 25.1 Å². The number of hydrogen-bond donors (Lipinski definition) is 0. The minimum atomic E-state index is -3.97. The van der Waals surface area contributed by atoms with Crippen LogP contribution in [0.2, 0.25) is 5.02 Å². The number of rotatable bonds is 3. The maximum Gasteiger partial charge on any atom is 0.239 e. The van der Waals surface area contributed by atoms with E-state index >= 15 is 0 Å². The van der Waals surface area contributed by atoms with Crippen LogP contribution >= 0.6 is 59.4 Å². The van der Waals surface area contributed by atoms with Crippen molar-refractivity contribution in [3.05, 3.63) is 52.5 Å². The first kappa shape index (κ1) is 24.3. The lowest BCUT2D eigenvalue weighted by Gasteiger charge is -2.23. The fraction of sp³-hybridized carbons (Fsp3) is 0.333. The van der Waals surface area contributed by atoms with Crippen molar-refractivity contribution >= 4 is 79.1 Å². The molecule has 28 heavy (non-hydrogen) atoms. The molecular formula is C18H18Br3ClO4S2. The number of aryl methyl sites for hydroxylation is 1. The Labute approximate surface area is 196 Å². The molecule has 0 aliphatic rings. The summed E-state index contributed by atoms with van der Waals surface area (Å²) in [5.74, 6) is 0. The Morgan fingerprint density at radius 3 is 1.82 bits per heavy atom. The van der Waals surface area contributed by atoms with Crippen molar-refractivity contribution in [2.45, 2.75) is 49.3 Å². The average Bonchev–Trinajstić information content (AvgIpc) is 2.55. The lowest BCUT2D eigenvalue weighted by molar-refractivity contribution is 0.578. The van der Waals surface area contributed by atoms with Crippen molar-refractivity contribution < 1.29 is 16.8 Å². The van der Waals surface area contributed by atoms with Gasteiger partial charge in [0.2, 0.25) is 21.1 Å². The molecule has 0 saturated carbocycles. The number of hydrogen-bond acceptors (Lipinski definition) is 4. The highest BCUT2D eigenvalue weighted by atomic mass is 80.0. The molecule has 0 saturated heterocycles. The second-order valence-electron chi connectivity index (χ2n) is 7.31. The van der Waals surface area contributed by atoms with Crippen LogP contribution in [0.25, 0.3) is 0 Å². The molecule has 0 bridgehead atoms. The molecule has 10 heteroatoms. The molecule has 154 valence electrons. The highest BCUT2D eigenvalue weighted by Crippen LogP contribution is 2.44. The summed E-state index contributed by atoms with van der Waals surface area (Å²) in [4.78, 5) is -0.182. The highest BCUT2D eigenvalue weighted by Gasteiger charge is 2.39. The van der Waals surface area contributed by atoms with Crippen LogP contribution < -0.4 is 0 Å². The summed E-state index contributed by atoms with van der Waals surface area (Å²) in [6, 6.07) is 8.56. The standard InChI is InChI=1S/C18H18Br3ClO4S2/c1-11-7-13(5-6-16(11)22)27(23,24)14-8-12(17(2,3)4)9-15(10-14)28(25,26)18(19,20)21/h5-10H,1-4H3. The van der Waals surface area contributed by atoms with Crippen molar-refractivity contribution in [3.8, 4) is 0 Å². The maximum absolute atomic E-state index is 13.2. The second-order valence-corrected chi connectivity index (χ2v) is 20.1. The number of sulfone groups is 2. The van der Waals surface area contributed by atoms with E-state index in [9.17, 15) is 16.8 Å². The van der Waals surface area contributed by atoms with Gasteiger partial charge in [-0.1, -0.05) is 32.4 Å². The summed E-state index contributed by atoms with van der Waals surface area (Å²) in [6.07, 6.45) is 0. The van der Waals surface area contributed by atoms with Crippen molar-refractivity contribution in [2.24, 2.45) is 0 Å². The van der Waals surface area contributed by atoms with Gasteiger partial charge in [-0.15, -0.1) is 0 Å². The molecule has 0 aromatic heterocycles. The second kappa shape index (κ2) is 7.96. The molecule has 0 radical (unpaired) electrons. The Balaban J connectivity index is 2.84. The van der Waals surface area contributed by atoms with E-state index in [1.165, 1.54) is 36.4 Å². The van der Waals surface area contributed by atoms with Crippen LogP contribution in [0.15, 0.2) is 51.1 Å². The number of alkyl halides is 3. The molecule has 0 fully saturated rings. The van der Waals surface area contributed by atoms with Gasteiger partial charge in [0.15, 0.2) is 0 Å². The van der Waals surface area contributed by atoms with Gasteiger partial charge in [0, 0.05) is 5.02 Å². The normalized spacial score (nSPS) is 13.6. The molecule has 2 rings (SSSR count). The summed E-state index contributed by atoms with van der Waals surface area (Å²) in [5.41, 5.74) is 0.719. The highest BCUT2D eigenvalue weighted by molar-refractivity contribution is 9.42. The van der Waals surface area contributed by atoms with Crippen molar-refractivity contribution in [3.63, 3.8) is 0 Å². The first-order valence-electron chi connectivity index (χ1n) is 7.96. The van der Waals surface area contributed by atoms with Crippen LogP contribution in [0.4, 0.5) is 0 Å². The lowest BCUT2D eigenvalue weighted by atomic mass is 9.87. The largest absolute Gasteiger partial charge is 0.239 e. The average molecular weight is 638 g/mol. The number of halogens is 4.